The summed E-state index contributed by atoms with van der Waals surface area (Å²) in [7, 11) is 0. The minimum absolute atomic E-state index is 0.0884. The number of halogens is 5. The number of nitrogens with zero attached hydrogens (tertiary/aromatic N) is 1. The Morgan fingerprint density at radius 1 is 0.950 bits per heavy atom. The van der Waals surface area contributed by atoms with Gasteiger partial charge in [0.2, 0.25) is 0 Å². The van der Waals surface area contributed by atoms with Gasteiger partial charge in [0.25, 0.3) is 12.0 Å². The van der Waals surface area contributed by atoms with E-state index in [1.165, 1.54) is 0 Å². The Hall–Kier alpha value is -2.18. The summed E-state index contributed by atoms with van der Waals surface area (Å²) in [6.45, 7) is 0. The van der Waals surface area contributed by atoms with E-state index in [4.69, 9.17) is 0 Å². The van der Waals surface area contributed by atoms with E-state index in [2.05, 4.69) is 0 Å². The minimum atomic E-state index is -4.49. The normalized spacial score (nSPS) is 11.9. The maximum absolute atomic E-state index is 12.6. The molecule has 106 valence electrons. The summed E-state index contributed by atoms with van der Waals surface area (Å²) in [6, 6.07) is 5.61. The second kappa shape index (κ2) is 5.07. The largest absolute Gasteiger partial charge is 0.416 e. The topological polar surface area (TPSA) is 22.0 Å². The van der Waals surface area contributed by atoms with Crippen LogP contribution in [0, 0.1) is 0 Å². The zero-order valence-corrected chi connectivity index (χ0v) is 9.86. The molecule has 1 aromatic carbocycles. The highest BCUT2D eigenvalue weighted by atomic mass is 19.4. The average molecular weight is 289 g/mol. The van der Waals surface area contributed by atoms with Crippen LogP contribution in [-0.2, 0) is 6.18 Å². The first-order valence-corrected chi connectivity index (χ1v) is 5.47. The molecule has 0 saturated heterocycles. The fourth-order valence-corrected chi connectivity index (χ4v) is 1.65. The number of rotatable bonds is 2. The van der Waals surface area contributed by atoms with Gasteiger partial charge < -0.3 is 0 Å². The summed E-state index contributed by atoms with van der Waals surface area (Å²) in [5.74, 6) is 0. The Morgan fingerprint density at radius 3 is 2.05 bits per heavy atom. The van der Waals surface area contributed by atoms with Crippen LogP contribution in [0.5, 0.6) is 0 Å². The second-order valence-electron chi connectivity index (χ2n) is 4.02. The van der Waals surface area contributed by atoms with E-state index in [9.17, 15) is 26.7 Å². The van der Waals surface area contributed by atoms with Crippen molar-refractivity contribution in [2.24, 2.45) is 0 Å². The van der Waals surface area contributed by atoms with Gasteiger partial charge in [0.15, 0.2) is 0 Å². The molecule has 0 amide bonds. The molecule has 0 atom stereocenters. The number of benzene rings is 1. The summed E-state index contributed by atoms with van der Waals surface area (Å²) >= 11 is 0. The van der Waals surface area contributed by atoms with Gasteiger partial charge in [-0.15, -0.1) is 0 Å². The van der Waals surface area contributed by atoms with Crippen LogP contribution in [0.15, 0.2) is 47.4 Å². The van der Waals surface area contributed by atoms with Gasteiger partial charge in [-0.1, -0.05) is 0 Å². The molecule has 7 heteroatoms. The van der Waals surface area contributed by atoms with Gasteiger partial charge in [0.05, 0.1) is 5.56 Å². The van der Waals surface area contributed by atoms with Crippen LogP contribution in [0.1, 0.15) is 17.6 Å². The van der Waals surface area contributed by atoms with Crippen molar-refractivity contribution < 1.29 is 22.0 Å². The maximum Gasteiger partial charge on any atom is 0.416 e. The van der Waals surface area contributed by atoms with Crippen molar-refractivity contribution in [3.63, 3.8) is 0 Å². The maximum atomic E-state index is 12.6. The molecular formula is C13H8F5NO. The average Bonchev–Trinajstić information content (AvgIpc) is 2.38. The Kier molecular flexibility index (Phi) is 3.61. The van der Waals surface area contributed by atoms with E-state index in [1.54, 1.807) is 0 Å². The molecule has 0 saturated carbocycles. The first kappa shape index (κ1) is 14.2. The molecule has 0 aliphatic heterocycles. The van der Waals surface area contributed by atoms with Gasteiger partial charge in [0.1, 0.15) is 0 Å². The summed E-state index contributed by atoms with van der Waals surface area (Å²) in [4.78, 5) is 11.6. The molecule has 0 aliphatic carbocycles. The quantitative estimate of drug-likeness (QED) is 0.771. The number of alkyl halides is 5. The van der Waals surface area contributed by atoms with Crippen LogP contribution in [0.4, 0.5) is 22.0 Å². The van der Waals surface area contributed by atoms with Crippen LogP contribution in [0.25, 0.3) is 5.69 Å². The highest BCUT2D eigenvalue weighted by Crippen LogP contribution is 2.29. The zero-order chi connectivity index (χ0) is 14.9. The Bertz CT molecular complexity index is 658. The Morgan fingerprint density at radius 2 is 1.55 bits per heavy atom. The molecule has 1 heterocycles. The predicted molar refractivity (Wildman–Crippen MR) is 62.0 cm³/mol. The van der Waals surface area contributed by atoms with Gasteiger partial charge in [-0.25, -0.2) is 8.78 Å². The molecule has 0 spiro atoms. The molecule has 2 rings (SSSR count). The first-order valence-electron chi connectivity index (χ1n) is 5.47. The number of pyridine rings is 1. The van der Waals surface area contributed by atoms with Gasteiger partial charge in [-0.2, -0.15) is 13.2 Å². The standard InChI is InChI=1S/C13H8F5NO/c14-12(15)8-1-6-11(20)19(7-8)10-4-2-9(3-5-10)13(16,17)18/h1-7,12H. The van der Waals surface area contributed by atoms with Crippen LogP contribution < -0.4 is 5.56 Å². The lowest BCUT2D eigenvalue weighted by Crippen LogP contribution is -2.17. The summed E-state index contributed by atoms with van der Waals surface area (Å²) in [5, 5.41) is 0. The first-order chi connectivity index (χ1) is 9.29. The van der Waals surface area contributed by atoms with E-state index in [0.29, 0.717) is 0 Å². The van der Waals surface area contributed by atoms with Crippen molar-refractivity contribution in [1.29, 1.82) is 0 Å². The van der Waals surface area contributed by atoms with Crippen molar-refractivity contribution in [3.05, 3.63) is 64.1 Å². The monoisotopic (exact) mass is 289 g/mol. The second-order valence-corrected chi connectivity index (χ2v) is 4.02. The lowest BCUT2D eigenvalue weighted by atomic mass is 10.2. The van der Waals surface area contributed by atoms with E-state index in [0.717, 1.165) is 47.2 Å². The predicted octanol–water partition coefficient (Wildman–Crippen LogP) is 3.79. The third-order valence-electron chi connectivity index (χ3n) is 2.66. The zero-order valence-electron chi connectivity index (χ0n) is 9.86. The third-order valence-corrected chi connectivity index (χ3v) is 2.66. The molecular weight excluding hydrogens is 281 g/mol. The molecule has 0 N–H and O–H groups in total. The fraction of sp³-hybridized carbons (Fsp3) is 0.154. The summed E-state index contributed by atoms with van der Waals surface area (Å²) in [5.41, 5.74) is -1.77. The van der Waals surface area contributed by atoms with E-state index >= 15 is 0 Å². The van der Waals surface area contributed by atoms with Gasteiger partial charge >= 0.3 is 6.18 Å². The van der Waals surface area contributed by atoms with Crippen LogP contribution >= 0.6 is 0 Å². The Balaban J connectivity index is 2.46. The van der Waals surface area contributed by atoms with Gasteiger partial charge in [-0.05, 0) is 30.3 Å². The van der Waals surface area contributed by atoms with Crippen molar-refractivity contribution in [2.75, 3.05) is 0 Å². The van der Waals surface area contributed by atoms with Gasteiger partial charge in [0, 0.05) is 23.5 Å². The Labute approximate surface area is 110 Å². The van der Waals surface area contributed by atoms with Crippen LogP contribution in [-0.4, -0.2) is 4.57 Å². The highest BCUT2D eigenvalue weighted by molar-refractivity contribution is 5.36. The highest BCUT2D eigenvalue weighted by Gasteiger charge is 2.30. The van der Waals surface area contributed by atoms with Crippen molar-refractivity contribution in [2.45, 2.75) is 12.6 Å². The SMILES string of the molecule is O=c1ccc(C(F)F)cn1-c1ccc(C(F)(F)F)cc1. The molecule has 1 aromatic heterocycles. The van der Waals surface area contributed by atoms with Crippen LogP contribution in [0.2, 0.25) is 0 Å². The van der Waals surface area contributed by atoms with Crippen LogP contribution in [0.3, 0.4) is 0 Å². The molecule has 2 aromatic rings. The molecule has 0 fully saturated rings. The minimum Gasteiger partial charge on any atom is -0.284 e. The van der Waals surface area contributed by atoms with E-state index in [-0.39, 0.29) is 11.3 Å². The lowest BCUT2D eigenvalue weighted by Gasteiger charge is -2.10. The fourth-order valence-electron chi connectivity index (χ4n) is 1.65. The van der Waals surface area contributed by atoms with Crippen molar-refractivity contribution in [3.8, 4) is 5.69 Å². The molecule has 0 unspecified atom stereocenters. The number of hydrogen-bond acceptors (Lipinski definition) is 1. The smallest absolute Gasteiger partial charge is 0.284 e. The van der Waals surface area contributed by atoms with Crippen molar-refractivity contribution in [1.82, 2.24) is 4.57 Å². The van der Waals surface area contributed by atoms with Gasteiger partial charge in [-0.3, -0.25) is 9.36 Å². The third kappa shape index (κ3) is 2.87. The molecule has 0 radical (unpaired) electrons. The summed E-state index contributed by atoms with van der Waals surface area (Å²) < 4.78 is 63.2. The van der Waals surface area contributed by atoms with E-state index < -0.39 is 23.7 Å². The molecule has 20 heavy (non-hydrogen) atoms. The van der Waals surface area contributed by atoms with Crippen molar-refractivity contribution >= 4 is 0 Å². The lowest BCUT2D eigenvalue weighted by molar-refractivity contribution is -0.137. The molecule has 0 aliphatic rings. The summed E-state index contributed by atoms with van der Waals surface area (Å²) in [6.07, 6.45) is -6.35. The molecule has 2 nitrogen and oxygen atoms in total. The number of hydrogen-bond donors (Lipinski definition) is 0. The molecule has 0 bridgehead atoms. The van der Waals surface area contributed by atoms with E-state index in [1.807, 2.05) is 0 Å². The number of aromatic nitrogens is 1.